The minimum Gasteiger partial charge on any atom is -0.491 e. The standard InChI is InChI=1S/C28H34N4O3/c1-21-25(19-31(3)29-21)28(34)32-17-11-5-10-16-30(2)27(33)24-14-8-9-15-26(24)35-20-23(32)18-22-12-6-4-7-13-22/h4,6-9,12-15,19,23H,5,10-11,16-18,20H2,1-3H3/t23-/m0/s1. The summed E-state index contributed by atoms with van der Waals surface area (Å²) in [5, 5.41) is 4.39. The Bertz CT molecular complexity index is 1160. The second-order valence-corrected chi connectivity index (χ2v) is 9.24. The lowest BCUT2D eigenvalue weighted by atomic mass is 10.0. The Morgan fingerprint density at radius 2 is 1.71 bits per heavy atom. The number of carbonyl (C=O) groups excluding carboxylic acids is 2. The zero-order valence-electron chi connectivity index (χ0n) is 20.8. The van der Waals surface area contributed by atoms with Crippen LogP contribution >= 0.6 is 0 Å². The van der Waals surface area contributed by atoms with Crippen LogP contribution in [0.1, 0.15) is 51.2 Å². The molecule has 184 valence electrons. The Morgan fingerprint density at radius 3 is 2.46 bits per heavy atom. The molecule has 7 heteroatoms. The average molecular weight is 475 g/mol. The van der Waals surface area contributed by atoms with Gasteiger partial charge in [0.2, 0.25) is 0 Å². The third kappa shape index (κ3) is 5.91. The summed E-state index contributed by atoms with van der Waals surface area (Å²) in [4.78, 5) is 30.6. The summed E-state index contributed by atoms with van der Waals surface area (Å²) < 4.78 is 7.98. The van der Waals surface area contributed by atoms with Crippen LogP contribution in [0, 0.1) is 6.92 Å². The number of hydrogen-bond acceptors (Lipinski definition) is 4. The molecule has 0 fully saturated rings. The monoisotopic (exact) mass is 474 g/mol. The molecule has 3 aromatic rings. The molecule has 0 radical (unpaired) electrons. The maximum atomic E-state index is 13.8. The van der Waals surface area contributed by atoms with Gasteiger partial charge in [-0.1, -0.05) is 42.5 Å². The highest BCUT2D eigenvalue weighted by Crippen LogP contribution is 2.23. The van der Waals surface area contributed by atoms with Crippen LogP contribution in [0.25, 0.3) is 0 Å². The van der Waals surface area contributed by atoms with Gasteiger partial charge in [0, 0.05) is 33.4 Å². The Balaban J connectivity index is 1.70. The van der Waals surface area contributed by atoms with Crippen molar-refractivity contribution < 1.29 is 14.3 Å². The first kappa shape index (κ1) is 24.5. The van der Waals surface area contributed by atoms with Crippen molar-refractivity contribution in [1.82, 2.24) is 19.6 Å². The SMILES string of the molecule is Cc1nn(C)cc1C(=O)N1CCCCCN(C)C(=O)c2ccccc2OC[C@@H]1Cc1ccccc1. The molecule has 2 aromatic carbocycles. The maximum absolute atomic E-state index is 13.8. The molecule has 1 atom stereocenters. The first-order chi connectivity index (χ1) is 16.9. The summed E-state index contributed by atoms with van der Waals surface area (Å²) in [6.45, 7) is 3.44. The zero-order valence-corrected chi connectivity index (χ0v) is 20.8. The van der Waals surface area contributed by atoms with E-state index in [2.05, 4.69) is 17.2 Å². The molecule has 2 amide bonds. The first-order valence-electron chi connectivity index (χ1n) is 12.3. The van der Waals surface area contributed by atoms with Crippen LogP contribution in [0.3, 0.4) is 0 Å². The average Bonchev–Trinajstić information content (AvgIpc) is 3.21. The lowest BCUT2D eigenvalue weighted by molar-refractivity contribution is 0.0604. The van der Waals surface area contributed by atoms with Crippen molar-refractivity contribution in [1.29, 1.82) is 0 Å². The molecule has 0 aliphatic carbocycles. The number of nitrogens with zero attached hydrogens (tertiary/aromatic N) is 4. The molecular formula is C28H34N4O3. The predicted octanol–water partition coefficient (Wildman–Crippen LogP) is 4.12. The number of hydrogen-bond donors (Lipinski definition) is 0. The number of rotatable bonds is 3. The topological polar surface area (TPSA) is 67.7 Å². The summed E-state index contributed by atoms with van der Waals surface area (Å²) in [5.41, 5.74) is 3.02. The van der Waals surface area contributed by atoms with Gasteiger partial charge in [0.15, 0.2) is 0 Å². The maximum Gasteiger partial charge on any atom is 0.257 e. The Hall–Kier alpha value is -3.61. The molecule has 0 saturated carbocycles. The highest BCUT2D eigenvalue weighted by molar-refractivity contribution is 5.97. The molecule has 35 heavy (non-hydrogen) atoms. The van der Waals surface area contributed by atoms with Crippen molar-refractivity contribution in [2.24, 2.45) is 7.05 Å². The summed E-state index contributed by atoms with van der Waals surface area (Å²) in [5.74, 6) is 0.474. The van der Waals surface area contributed by atoms with Gasteiger partial charge >= 0.3 is 0 Å². The molecule has 0 unspecified atom stereocenters. The molecule has 1 aliphatic rings. The van der Waals surface area contributed by atoms with Crippen LogP contribution in [0.4, 0.5) is 0 Å². The van der Waals surface area contributed by atoms with Gasteiger partial charge in [0.05, 0.1) is 22.9 Å². The lowest BCUT2D eigenvalue weighted by Crippen LogP contribution is -2.45. The van der Waals surface area contributed by atoms with Gasteiger partial charge in [-0.25, -0.2) is 0 Å². The number of para-hydroxylation sites is 1. The molecule has 0 spiro atoms. The quantitative estimate of drug-likeness (QED) is 0.573. The Labute approximate surface area is 207 Å². The number of aryl methyl sites for hydroxylation is 2. The van der Waals surface area contributed by atoms with Crippen molar-refractivity contribution in [3.63, 3.8) is 0 Å². The van der Waals surface area contributed by atoms with Crippen LogP contribution in [-0.2, 0) is 13.5 Å². The van der Waals surface area contributed by atoms with E-state index in [-0.39, 0.29) is 24.5 Å². The summed E-state index contributed by atoms with van der Waals surface area (Å²) >= 11 is 0. The van der Waals surface area contributed by atoms with E-state index in [1.54, 1.807) is 15.8 Å². The number of ether oxygens (including phenoxy) is 1. The van der Waals surface area contributed by atoms with E-state index in [0.29, 0.717) is 36.4 Å². The first-order valence-corrected chi connectivity index (χ1v) is 12.3. The van der Waals surface area contributed by atoms with Crippen LogP contribution < -0.4 is 4.74 Å². The van der Waals surface area contributed by atoms with E-state index in [1.165, 1.54) is 0 Å². The Kier molecular flexibility index (Phi) is 7.85. The van der Waals surface area contributed by atoms with Gasteiger partial charge in [0.1, 0.15) is 12.4 Å². The van der Waals surface area contributed by atoms with E-state index >= 15 is 0 Å². The lowest BCUT2D eigenvalue weighted by Gasteiger charge is -2.32. The van der Waals surface area contributed by atoms with Crippen LogP contribution in [0.15, 0.2) is 60.8 Å². The molecule has 0 bridgehead atoms. The van der Waals surface area contributed by atoms with E-state index in [4.69, 9.17) is 4.74 Å². The van der Waals surface area contributed by atoms with Crippen LogP contribution in [0.2, 0.25) is 0 Å². The fraction of sp³-hybridized carbons (Fsp3) is 0.393. The second-order valence-electron chi connectivity index (χ2n) is 9.24. The third-order valence-electron chi connectivity index (χ3n) is 6.55. The van der Waals surface area contributed by atoms with Crippen molar-refractivity contribution >= 4 is 11.8 Å². The molecule has 2 heterocycles. The number of benzene rings is 2. The molecule has 0 saturated heterocycles. The minimum absolute atomic E-state index is 0.0310. The fourth-order valence-corrected chi connectivity index (χ4v) is 4.63. The summed E-state index contributed by atoms with van der Waals surface area (Å²) in [7, 11) is 3.66. The van der Waals surface area contributed by atoms with Crippen molar-refractivity contribution in [3.05, 3.63) is 83.2 Å². The normalized spacial score (nSPS) is 17.6. The molecular weight excluding hydrogens is 440 g/mol. The van der Waals surface area contributed by atoms with Gasteiger partial charge in [-0.05, 0) is 50.3 Å². The smallest absolute Gasteiger partial charge is 0.257 e. The molecule has 7 nitrogen and oxygen atoms in total. The number of amides is 2. The van der Waals surface area contributed by atoms with Gasteiger partial charge in [-0.15, -0.1) is 0 Å². The highest BCUT2D eigenvalue weighted by Gasteiger charge is 2.29. The summed E-state index contributed by atoms with van der Waals surface area (Å²) in [6, 6.07) is 17.3. The molecule has 0 N–H and O–H groups in total. The van der Waals surface area contributed by atoms with E-state index in [0.717, 1.165) is 30.5 Å². The summed E-state index contributed by atoms with van der Waals surface area (Å²) in [6.07, 6.45) is 5.10. The minimum atomic E-state index is -0.203. The van der Waals surface area contributed by atoms with E-state index in [9.17, 15) is 9.59 Å². The highest BCUT2D eigenvalue weighted by atomic mass is 16.5. The zero-order chi connectivity index (χ0) is 24.8. The van der Waals surface area contributed by atoms with Gasteiger partial charge in [-0.2, -0.15) is 5.10 Å². The van der Waals surface area contributed by atoms with Crippen LogP contribution in [0.5, 0.6) is 5.75 Å². The second kappa shape index (κ2) is 11.2. The number of fused-ring (bicyclic) bond motifs is 1. The number of carbonyl (C=O) groups is 2. The van der Waals surface area contributed by atoms with E-state index < -0.39 is 0 Å². The van der Waals surface area contributed by atoms with Gasteiger partial charge < -0.3 is 14.5 Å². The predicted molar refractivity (Wildman–Crippen MR) is 136 cm³/mol. The molecule has 1 aromatic heterocycles. The molecule has 1 aliphatic heterocycles. The number of aromatic nitrogens is 2. The fourth-order valence-electron chi connectivity index (χ4n) is 4.63. The third-order valence-corrected chi connectivity index (χ3v) is 6.55. The van der Waals surface area contributed by atoms with Crippen LogP contribution in [-0.4, -0.2) is 64.2 Å². The van der Waals surface area contributed by atoms with Crippen molar-refractivity contribution in [2.45, 2.75) is 38.6 Å². The van der Waals surface area contributed by atoms with Gasteiger partial charge in [0.25, 0.3) is 11.8 Å². The molecule has 4 rings (SSSR count). The van der Waals surface area contributed by atoms with Crippen molar-refractivity contribution in [2.75, 3.05) is 26.7 Å². The Morgan fingerprint density at radius 1 is 1.00 bits per heavy atom. The van der Waals surface area contributed by atoms with Crippen molar-refractivity contribution in [3.8, 4) is 5.75 Å². The van der Waals surface area contributed by atoms with E-state index in [1.807, 2.05) is 68.4 Å². The largest absolute Gasteiger partial charge is 0.491 e. The van der Waals surface area contributed by atoms with Gasteiger partial charge in [-0.3, -0.25) is 14.3 Å².